The second kappa shape index (κ2) is 6.94. The van der Waals surface area contributed by atoms with E-state index in [1.807, 2.05) is 0 Å². The van der Waals surface area contributed by atoms with Crippen molar-refractivity contribution in [2.45, 2.75) is 26.3 Å². The highest BCUT2D eigenvalue weighted by Gasteiger charge is 2.21. The molecule has 0 rings (SSSR count). The van der Waals surface area contributed by atoms with Crippen LogP contribution in [0.3, 0.4) is 0 Å². The molecule has 0 fully saturated rings. The minimum absolute atomic E-state index is 0.135. The quantitative estimate of drug-likeness (QED) is 0.447. The summed E-state index contributed by atoms with van der Waals surface area (Å²) in [6.45, 7) is 4.00. The van der Waals surface area contributed by atoms with E-state index >= 15 is 0 Å². The van der Waals surface area contributed by atoms with E-state index in [9.17, 15) is 14.4 Å². The minimum Gasteiger partial charge on any atom is -0.346 e. The van der Waals surface area contributed by atoms with Crippen molar-refractivity contribution >= 4 is 18.2 Å². The van der Waals surface area contributed by atoms with Gasteiger partial charge < -0.3 is 11.1 Å². The Hall–Kier alpha value is -1.43. The van der Waals surface area contributed by atoms with E-state index in [1.165, 1.54) is 0 Å². The largest absolute Gasteiger partial charge is 0.346 e. The van der Waals surface area contributed by atoms with E-state index in [2.05, 4.69) is 5.32 Å². The predicted molar refractivity (Wildman–Crippen MR) is 54.7 cm³/mol. The first-order chi connectivity index (χ1) is 7.02. The van der Waals surface area contributed by atoms with Gasteiger partial charge in [-0.25, -0.2) is 0 Å². The number of nitrogens with one attached hydrogen (secondary N) is 1. The molecule has 0 aliphatic rings. The molecular weight excluding hydrogens is 198 g/mol. The lowest BCUT2D eigenvalue weighted by Crippen LogP contribution is -2.45. The Bertz CT molecular complexity index is 241. The van der Waals surface area contributed by atoms with Gasteiger partial charge in [0.05, 0.1) is 0 Å². The normalized spacial score (nSPS) is 9.87. The second-order valence-electron chi connectivity index (χ2n) is 3.37. The molecule has 0 atom stereocenters. The van der Waals surface area contributed by atoms with Gasteiger partial charge in [-0.1, -0.05) is 0 Å². The number of carbonyl (C=O) groups excluding carboxylic acids is 3. The zero-order valence-electron chi connectivity index (χ0n) is 9.03. The topological polar surface area (TPSA) is 92.5 Å². The van der Waals surface area contributed by atoms with Crippen LogP contribution in [0.25, 0.3) is 0 Å². The number of imide groups is 1. The second-order valence-corrected chi connectivity index (χ2v) is 3.37. The molecular formula is C9H17N3O3. The van der Waals surface area contributed by atoms with Crippen LogP contribution >= 0.6 is 0 Å². The summed E-state index contributed by atoms with van der Waals surface area (Å²) in [5.74, 6) is -1.61. The highest BCUT2D eigenvalue weighted by molar-refractivity contribution is 6.36. The van der Waals surface area contributed by atoms with Gasteiger partial charge in [-0.3, -0.25) is 19.3 Å². The molecule has 0 aromatic carbocycles. The van der Waals surface area contributed by atoms with Crippen molar-refractivity contribution in [3.63, 3.8) is 0 Å². The molecule has 0 aliphatic heterocycles. The summed E-state index contributed by atoms with van der Waals surface area (Å²) in [5.41, 5.74) is 5.23. The first kappa shape index (κ1) is 13.6. The molecule has 0 radical (unpaired) electrons. The molecule has 0 aromatic rings. The molecule has 6 nitrogen and oxygen atoms in total. The molecule has 3 amide bonds. The van der Waals surface area contributed by atoms with Crippen LogP contribution in [-0.2, 0) is 14.4 Å². The minimum atomic E-state index is -0.841. The smallest absolute Gasteiger partial charge is 0.318 e. The number of rotatable bonds is 5. The van der Waals surface area contributed by atoms with E-state index in [1.54, 1.807) is 13.8 Å². The number of amides is 3. The lowest BCUT2D eigenvalue weighted by atomic mass is 10.3. The fourth-order valence-corrected chi connectivity index (χ4v) is 0.918. The fraction of sp³-hybridized carbons (Fsp3) is 0.667. The highest BCUT2D eigenvalue weighted by Crippen LogP contribution is 1.90. The monoisotopic (exact) mass is 215 g/mol. The van der Waals surface area contributed by atoms with Gasteiger partial charge in [-0.05, 0) is 26.8 Å². The Balaban J connectivity index is 4.24. The summed E-state index contributed by atoms with van der Waals surface area (Å²) in [6, 6.07) is -0.135. The highest BCUT2D eigenvalue weighted by atomic mass is 16.2. The molecule has 6 heteroatoms. The first-order valence-electron chi connectivity index (χ1n) is 4.79. The number of nitrogens with two attached hydrogens (primary N) is 1. The van der Waals surface area contributed by atoms with Crippen LogP contribution in [0.5, 0.6) is 0 Å². The third-order valence-electron chi connectivity index (χ3n) is 1.61. The van der Waals surface area contributed by atoms with Gasteiger partial charge in [0.25, 0.3) is 0 Å². The molecule has 15 heavy (non-hydrogen) atoms. The Morgan fingerprint density at radius 1 is 1.47 bits per heavy atom. The Morgan fingerprint density at radius 2 is 2.07 bits per heavy atom. The molecule has 0 spiro atoms. The Morgan fingerprint density at radius 3 is 2.47 bits per heavy atom. The molecule has 86 valence electrons. The van der Waals surface area contributed by atoms with Crippen molar-refractivity contribution < 1.29 is 14.4 Å². The average Bonchev–Trinajstić information content (AvgIpc) is 2.17. The molecule has 0 bridgehead atoms. The van der Waals surface area contributed by atoms with Crippen molar-refractivity contribution in [2.24, 2.45) is 5.73 Å². The Labute approximate surface area is 88.8 Å². The maximum absolute atomic E-state index is 11.4. The summed E-state index contributed by atoms with van der Waals surface area (Å²) >= 11 is 0. The molecule has 0 aromatic heterocycles. The number of hydrogen-bond donors (Lipinski definition) is 2. The van der Waals surface area contributed by atoms with E-state index in [0.717, 1.165) is 4.90 Å². The SMILES string of the molecule is CC(C)NC(=O)C(=O)N(C=O)CCCN. The first-order valence-corrected chi connectivity index (χ1v) is 4.79. The van der Waals surface area contributed by atoms with Gasteiger partial charge in [0, 0.05) is 12.6 Å². The maximum atomic E-state index is 11.4. The lowest BCUT2D eigenvalue weighted by Gasteiger charge is -2.15. The fourth-order valence-electron chi connectivity index (χ4n) is 0.918. The zero-order valence-corrected chi connectivity index (χ0v) is 9.03. The van der Waals surface area contributed by atoms with Crippen LogP contribution in [0.4, 0.5) is 0 Å². The average molecular weight is 215 g/mol. The van der Waals surface area contributed by atoms with Crippen molar-refractivity contribution in [3.8, 4) is 0 Å². The molecule has 0 saturated carbocycles. The number of carbonyl (C=O) groups is 3. The van der Waals surface area contributed by atoms with Crippen molar-refractivity contribution in [2.75, 3.05) is 13.1 Å². The number of hydrogen-bond acceptors (Lipinski definition) is 4. The lowest BCUT2D eigenvalue weighted by molar-refractivity contribution is -0.149. The molecule has 0 unspecified atom stereocenters. The Kier molecular flexibility index (Phi) is 6.28. The summed E-state index contributed by atoms with van der Waals surface area (Å²) < 4.78 is 0. The van der Waals surface area contributed by atoms with Crippen LogP contribution < -0.4 is 11.1 Å². The van der Waals surface area contributed by atoms with Crippen LogP contribution in [0.1, 0.15) is 20.3 Å². The van der Waals surface area contributed by atoms with Crippen LogP contribution in [-0.4, -0.2) is 42.3 Å². The predicted octanol–water partition coefficient (Wildman–Crippen LogP) is -1.16. The third kappa shape index (κ3) is 5.11. The third-order valence-corrected chi connectivity index (χ3v) is 1.61. The molecule has 3 N–H and O–H groups in total. The summed E-state index contributed by atoms with van der Waals surface area (Å²) in [4.78, 5) is 33.9. The standard InChI is InChI=1S/C9H17N3O3/c1-7(2)11-8(14)9(15)12(6-13)5-3-4-10/h6-7H,3-5,10H2,1-2H3,(H,11,14). The van der Waals surface area contributed by atoms with Crippen molar-refractivity contribution in [3.05, 3.63) is 0 Å². The maximum Gasteiger partial charge on any atom is 0.318 e. The van der Waals surface area contributed by atoms with Gasteiger partial charge >= 0.3 is 11.8 Å². The van der Waals surface area contributed by atoms with E-state index in [0.29, 0.717) is 19.4 Å². The van der Waals surface area contributed by atoms with Gasteiger partial charge in [-0.2, -0.15) is 0 Å². The van der Waals surface area contributed by atoms with Crippen LogP contribution in [0.15, 0.2) is 0 Å². The summed E-state index contributed by atoms with van der Waals surface area (Å²) in [6.07, 6.45) is 0.831. The molecule has 0 saturated heterocycles. The van der Waals surface area contributed by atoms with Crippen molar-refractivity contribution in [1.29, 1.82) is 0 Å². The van der Waals surface area contributed by atoms with E-state index in [4.69, 9.17) is 5.73 Å². The zero-order chi connectivity index (χ0) is 11.8. The van der Waals surface area contributed by atoms with Gasteiger partial charge in [0.2, 0.25) is 6.41 Å². The summed E-state index contributed by atoms with van der Waals surface area (Å²) in [7, 11) is 0. The van der Waals surface area contributed by atoms with Gasteiger partial charge in [-0.15, -0.1) is 0 Å². The van der Waals surface area contributed by atoms with Crippen LogP contribution in [0.2, 0.25) is 0 Å². The molecule has 0 aliphatic carbocycles. The van der Waals surface area contributed by atoms with Crippen LogP contribution in [0, 0.1) is 0 Å². The van der Waals surface area contributed by atoms with Crippen molar-refractivity contribution in [1.82, 2.24) is 10.2 Å². The molecule has 0 heterocycles. The number of nitrogens with zero attached hydrogens (tertiary/aromatic N) is 1. The van der Waals surface area contributed by atoms with E-state index < -0.39 is 11.8 Å². The van der Waals surface area contributed by atoms with Gasteiger partial charge in [0.1, 0.15) is 0 Å². The summed E-state index contributed by atoms with van der Waals surface area (Å²) in [5, 5.41) is 2.41. The van der Waals surface area contributed by atoms with Gasteiger partial charge in [0.15, 0.2) is 0 Å². The van der Waals surface area contributed by atoms with E-state index in [-0.39, 0.29) is 12.6 Å².